The lowest BCUT2D eigenvalue weighted by Gasteiger charge is -2.34. The quantitative estimate of drug-likeness (QED) is 0.908. The molecule has 3 rings (SSSR count). The normalized spacial score (nSPS) is 20.5. The molecule has 0 bridgehead atoms. The van der Waals surface area contributed by atoms with E-state index in [-0.39, 0.29) is 29.6 Å². The first-order chi connectivity index (χ1) is 12.0. The van der Waals surface area contributed by atoms with Crippen molar-refractivity contribution in [3.05, 3.63) is 35.6 Å². The topological polar surface area (TPSA) is 52.7 Å². The first-order valence-corrected chi connectivity index (χ1v) is 9.06. The SMILES string of the molecule is CN1CCC(NC(=O)C2CCN(C(=O)c3ccc(F)cc3)CC2)CC1. The van der Waals surface area contributed by atoms with E-state index in [1.165, 1.54) is 24.3 Å². The number of nitrogens with one attached hydrogen (secondary N) is 1. The number of carbonyl (C=O) groups excluding carboxylic acids is 2. The Hall–Kier alpha value is -1.95. The smallest absolute Gasteiger partial charge is 0.253 e. The number of hydrogen-bond donors (Lipinski definition) is 1. The molecule has 2 fully saturated rings. The van der Waals surface area contributed by atoms with E-state index in [2.05, 4.69) is 17.3 Å². The van der Waals surface area contributed by atoms with Gasteiger partial charge in [-0.05, 0) is 70.1 Å². The lowest BCUT2D eigenvalue weighted by Crippen LogP contribution is -2.48. The number of rotatable bonds is 3. The molecule has 0 saturated carbocycles. The Morgan fingerprint density at radius 3 is 2.20 bits per heavy atom. The largest absolute Gasteiger partial charge is 0.353 e. The van der Waals surface area contributed by atoms with Crippen molar-refractivity contribution < 1.29 is 14.0 Å². The number of benzene rings is 1. The molecule has 2 aliphatic heterocycles. The first kappa shape index (κ1) is 17.9. The van der Waals surface area contributed by atoms with E-state index in [0.717, 1.165) is 25.9 Å². The van der Waals surface area contributed by atoms with Gasteiger partial charge in [-0.1, -0.05) is 0 Å². The number of piperidine rings is 2. The Kier molecular flexibility index (Phi) is 5.68. The lowest BCUT2D eigenvalue weighted by atomic mass is 9.94. The predicted molar refractivity (Wildman–Crippen MR) is 93.7 cm³/mol. The molecule has 0 radical (unpaired) electrons. The van der Waals surface area contributed by atoms with Gasteiger partial charge >= 0.3 is 0 Å². The van der Waals surface area contributed by atoms with Crippen molar-refractivity contribution >= 4 is 11.8 Å². The Bertz CT molecular complexity index is 604. The van der Waals surface area contributed by atoms with E-state index < -0.39 is 0 Å². The van der Waals surface area contributed by atoms with Crippen LogP contribution in [0.4, 0.5) is 4.39 Å². The van der Waals surface area contributed by atoms with Gasteiger partial charge in [0.05, 0.1) is 0 Å². The zero-order chi connectivity index (χ0) is 17.8. The maximum Gasteiger partial charge on any atom is 0.253 e. The number of carbonyl (C=O) groups is 2. The Morgan fingerprint density at radius 2 is 1.60 bits per heavy atom. The van der Waals surface area contributed by atoms with E-state index in [1.54, 1.807) is 4.90 Å². The summed E-state index contributed by atoms with van der Waals surface area (Å²) in [6, 6.07) is 5.90. The molecule has 0 unspecified atom stereocenters. The molecule has 0 spiro atoms. The van der Waals surface area contributed by atoms with Gasteiger partial charge in [0.2, 0.25) is 5.91 Å². The fourth-order valence-corrected chi connectivity index (χ4v) is 3.59. The second-order valence-corrected chi connectivity index (χ2v) is 7.16. The third-order valence-electron chi connectivity index (χ3n) is 5.31. The van der Waals surface area contributed by atoms with Gasteiger partial charge in [-0.3, -0.25) is 9.59 Å². The third-order valence-corrected chi connectivity index (χ3v) is 5.31. The highest BCUT2D eigenvalue weighted by Gasteiger charge is 2.29. The molecule has 1 N–H and O–H groups in total. The molecule has 2 amide bonds. The van der Waals surface area contributed by atoms with Crippen molar-refractivity contribution in [1.82, 2.24) is 15.1 Å². The summed E-state index contributed by atoms with van der Waals surface area (Å²) in [5.41, 5.74) is 0.496. The molecule has 0 atom stereocenters. The molecule has 5 nitrogen and oxygen atoms in total. The summed E-state index contributed by atoms with van der Waals surface area (Å²) in [5.74, 6) is -0.324. The molecule has 6 heteroatoms. The van der Waals surface area contributed by atoms with Crippen molar-refractivity contribution in [3.63, 3.8) is 0 Å². The van der Waals surface area contributed by atoms with Crippen LogP contribution < -0.4 is 5.32 Å². The Morgan fingerprint density at radius 1 is 1.00 bits per heavy atom. The summed E-state index contributed by atoms with van der Waals surface area (Å²) < 4.78 is 13.0. The minimum absolute atomic E-state index is 0.0167. The third kappa shape index (κ3) is 4.57. The lowest BCUT2D eigenvalue weighted by molar-refractivity contribution is -0.127. The summed E-state index contributed by atoms with van der Waals surface area (Å²) in [6.45, 7) is 3.19. The van der Waals surface area contributed by atoms with Crippen LogP contribution in [0, 0.1) is 11.7 Å². The van der Waals surface area contributed by atoms with E-state index in [0.29, 0.717) is 31.5 Å². The zero-order valence-electron chi connectivity index (χ0n) is 14.7. The second-order valence-electron chi connectivity index (χ2n) is 7.16. The van der Waals surface area contributed by atoms with Crippen LogP contribution in [-0.2, 0) is 4.79 Å². The highest BCUT2D eigenvalue weighted by molar-refractivity contribution is 5.94. The van der Waals surface area contributed by atoms with Crippen LogP contribution in [0.5, 0.6) is 0 Å². The standard InChI is InChI=1S/C19H26FN3O2/c1-22-10-8-17(9-11-22)21-18(24)14-6-12-23(13-7-14)19(25)15-2-4-16(20)5-3-15/h2-5,14,17H,6-13H2,1H3,(H,21,24). The van der Waals surface area contributed by atoms with Gasteiger partial charge in [0.1, 0.15) is 5.82 Å². The summed E-state index contributed by atoms with van der Waals surface area (Å²) in [5, 5.41) is 3.18. The fraction of sp³-hybridized carbons (Fsp3) is 0.579. The molecule has 1 aromatic rings. The minimum Gasteiger partial charge on any atom is -0.353 e. The average molecular weight is 347 g/mol. The molecule has 0 aliphatic carbocycles. The maximum atomic E-state index is 13.0. The van der Waals surface area contributed by atoms with Crippen molar-refractivity contribution in [1.29, 1.82) is 0 Å². The van der Waals surface area contributed by atoms with E-state index in [9.17, 15) is 14.0 Å². The van der Waals surface area contributed by atoms with Crippen LogP contribution in [-0.4, -0.2) is 60.9 Å². The van der Waals surface area contributed by atoms with Crippen LogP contribution in [0.1, 0.15) is 36.0 Å². The molecule has 0 aromatic heterocycles. The van der Waals surface area contributed by atoms with Crippen LogP contribution in [0.3, 0.4) is 0 Å². The highest BCUT2D eigenvalue weighted by Crippen LogP contribution is 2.20. The van der Waals surface area contributed by atoms with E-state index >= 15 is 0 Å². The van der Waals surface area contributed by atoms with Gasteiger partial charge < -0.3 is 15.1 Å². The predicted octanol–water partition coefficient (Wildman–Crippen LogP) is 1.89. The highest BCUT2D eigenvalue weighted by atomic mass is 19.1. The summed E-state index contributed by atoms with van der Waals surface area (Å²) >= 11 is 0. The Labute approximate surface area is 148 Å². The molecular weight excluding hydrogens is 321 g/mol. The van der Waals surface area contributed by atoms with E-state index in [1.807, 2.05) is 0 Å². The molecule has 2 heterocycles. The number of hydrogen-bond acceptors (Lipinski definition) is 3. The minimum atomic E-state index is -0.346. The fourth-order valence-electron chi connectivity index (χ4n) is 3.59. The van der Waals surface area contributed by atoms with Crippen molar-refractivity contribution in [2.45, 2.75) is 31.7 Å². The van der Waals surface area contributed by atoms with Gasteiger partial charge in [-0.2, -0.15) is 0 Å². The molecule has 2 aliphatic rings. The van der Waals surface area contributed by atoms with Crippen molar-refractivity contribution in [2.24, 2.45) is 5.92 Å². The summed E-state index contributed by atoms with van der Waals surface area (Å²) in [4.78, 5) is 28.9. The number of amides is 2. The zero-order valence-corrected chi connectivity index (χ0v) is 14.7. The van der Waals surface area contributed by atoms with Crippen molar-refractivity contribution in [3.8, 4) is 0 Å². The maximum absolute atomic E-state index is 13.0. The van der Waals surface area contributed by atoms with Crippen LogP contribution in [0.25, 0.3) is 0 Å². The van der Waals surface area contributed by atoms with Crippen LogP contribution in [0.2, 0.25) is 0 Å². The average Bonchev–Trinajstić information content (AvgIpc) is 2.64. The van der Waals surface area contributed by atoms with Gasteiger partial charge in [0, 0.05) is 30.6 Å². The molecule has 25 heavy (non-hydrogen) atoms. The molecular formula is C19H26FN3O2. The van der Waals surface area contributed by atoms with Gasteiger partial charge in [0.15, 0.2) is 0 Å². The summed E-state index contributed by atoms with van der Waals surface area (Å²) in [7, 11) is 2.10. The van der Waals surface area contributed by atoms with Crippen molar-refractivity contribution in [2.75, 3.05) is 33.2 Å². The van der Waals surface area contributed by atoms with Crippen LogP contribution >= 0.6 is 0 Å². The molecule has 1 aromatic carbocycles. The summed E-state index contributed by atoms with van der Waals surface area (Å²) in [6.07, 6.45) is 3.38. The molecule has 2 saturated heterocycles. The Balaban J connectivity index is 1.47. The van der Waals surface area contributed by atoms with Gasteiger partial charge in [0.25, 0.3) is 5.91 Å². The first-order valence-electron chi connectivity index (χ1n) is 9.06. The molecule has 136 valence electrons. The van der Waals surface area contributed by atoms with Gasteiger partial charge in [-0.15, -0.1) is 0 Å². The second kappa shape index (κ2) is 7.95. The number of nitrogens with zero attached hydrogens (tertiary/aromatic N) is 2. The monoisotopic (exact) mass is 347 g/mol. The number of likely N-dealkylation sites (tertiary alicyclic amines) is 2. The van der Waals surface area contributed by atoms with Gasteiger partial charge in [-0.25, -0.2) is 4.39 Å². The number of halogens is 1. The van der Waals surface area contributed by atoms with Crippen LogP contribution in [0.15, 0.2) is 24.3 Å². The van der Waals surface area contributed by atoms with E-state index in [4.69, 9.17) is 0 Å².